The molecule has 2 heterocycles. The number of fused-ring (bicyclic) bond motifs is 1. The third-order valence-electron chi connectivity index (χ3n) is 4.36. The van der Waals surface area contributed by atoms with E-state index in [0.717, 1.165) is 22.4 Å². The molecular weight excluding hydrogens is 329 g/mol. The second-order valence-corrected chi connectivity index (χ2v) is 6.24. The number of aromatic nitrogens is 4. The van der Waals surface area contributed by atoms with Gasteiger partial charge >= 0.3 is 0 Å². The van der Waals surface area contributed by atoms with Gasteiger partial charge < -0.3 is 9.88 Å². The van der Waals surface area contributed by atoms with Gasteiger partial charge in [-0.2, -0.15) is 0 Å². The van der Waals surface area contributed by atoms with Gasteiger partial charge in [0, 0.05) is 12.6 Å². The van der Waals surface area contributed by atoms with Crippen LogP contribution in [0.3, 0.4) is 0 Å². The van der Waals surface area contributed by atoms with E-state index in [1.807, 2.05) is 19.2 Å². The first kappa shape index (κ1) is 16.2. The Balaban J connectivity index is 1.50. The molecule has 4 rings (SSSR count). The molecule has 5 nitrogen and oxygen atoms in total. The standard InChI is InChI=1S/C20H18FN5/c1-13-3-9-18-17(11-13)23-20(26(18)2)12-22-19-10-8-16(24-25-19)14-4-6-15(21)7-5-14/h3-11H,12H2,1-2H3,(H,22,25). The summed E-state index contributed by atoms with van der Waals surface area (Å²) >= 11 is 0. The lowest BCUT2D eigenvalue weighted by atomic mass is 10.1. The molecule has 0 aliphatic carbocycles. The van der Waals surface area contributed by atoms with Crippen molar-refractivity contribution in [3.63, 3.8) is 0 Å². The summed E-state index contributed by atoms with van der Waals surface area (Å²) < 4.78 is 15.1. The predicted octanol–water partition coefficient (Wildman–Crippen LogP) is 4.09. The van der Waals surface area contributed by atoms with Gasteiger partial charge in [0.15, 0.2) is 0 Å². The van der Waals surface area contributed by atoms with Crippen LogP contribution < -0.4 is 5.32 Å². The van der Waals surface area contributed by atoms with E-state index >= 15 is 0 Å². The molecule has 0 aliphatic rings. The van der Waals surface area contributed by atoms with Crippen LogP contribution in [0.15, 0.2) is 54.6 Å². The van der Waals surface area contributed by atoms with Crippen LogP contribution in [-0.4, -0.2) is 19.7 Å². The zero-order valence-electron chi connectivity index (χ0n) is 14.6. The Hall–Kier alpha value is -3.28. The Morgan fingerprint density at radius 3 is 2.54 bits per heavy atom. The number of anilines is 1. The first-order valence-electron chi connectivity index (χ1n) is 8.36. The van der Waals surface area contributed by atoms with Crippen molar-refractivity contribution in [3.8, 4) is 11.3 Å². The fraction of sp³-hybridized carbons (Fsp3) is 0.150. The molecule has 4 aromatic rings. The van der Waals surface area contributed by atoms with Crippen LogP contribution in [0.1, 0.15) is 11.4 Å². The Morgan fingerprint density at radius 1 is 1.00 bits per heavy atom. The molecule has 0 spiro atoms. The van der Waals surface area contributed by atoms with Gasteiger partial charge in [-0.05, 0) is 61.0 Å². The average molecular weight is 347 g/mol. The van der Waals surface area contributed by atoms with Crippen molar-refractivity contribution >= 4 is 16.9 Å². The summed E-state index contributed by atoms with van der Waals surface area (Å²) in [6.07, 6.45) is 0. The van der Waals surface area contributed by atoms with Crippen LogP contribution in [0.5, 0.6) is 0 Å². The third kappa shape index (κ3) is 3.13. The maximum absolute atomic E-state index is 13.0. The summed E-state index contributed by atoms with van der Waals surface area (Å²) in [6, 6.07) is 16.2. The number of nitrogens with zero attached hydrogens (tertiary/aromatic N) is 4. The lowest BCUT2D eigenvalue weighted by molar-refractivity contribution is 0.628. The molecule has 26 heavy (non-hydrogen) atoms. The topological polar surface area (TPSA) is 55.6 Å². The highest BCUT2D eigenvalue weighted by Crippen LogP contribution is 2.19. The molecule has 0 atom stereocenters. The fourth-order valence-corrected chi connectivity index (χ4v) is 2.89. The van der Waals surface area contributed by atoms with Crippen LogP contribution in [-0.2, 0) is 13.6 Å². The van der Waals surface area contributed by atoms with Gasteiger partial charge in [-0.15, -0.1) is 10.2 Å². The molecule has 0 saturated heterocycles. The van der Waals surface area contributed by atoms with E-state index in [4.69, 9.17) is 0 Å². The summed E-state index contributed by atoms with van der Waals surface area (Å²) in [5.74, 6) is 1.33. The van der Waals surface area contributed by atoms with E-state index < -0.39 is 0 Å². The lowest BCUT2D eigenvalue weighted by Gasteiger charge is -2.06. The van der Waals surface area contributed by atoms with Crippen LogP contribution in [0.4, 0.5) is 10.2 Å². The highest BCUT2D eigenvalue weighted by Gasteiger charge is 2.08. The summed E-state index contributed by atoms with van der Waals surface area (Å²) in [4.78, 5) is 4.68. The van der Waals surface area contributed by atoms with E-state index in [2.05, 4.69) is 50.2 Å². The third-order valence-corrected chi connectivity index (χ3v) is 4.36. The van der Waals surface area contributed by atoms with E-state index in [-0.39, 0.29) is 5.82 Å². The van der Waals surface area contributed by atoms with Crippen molar-refractivity contribution in [2.75, 3.05) is 5.32 Å². The number of halogens is 1. The number of rotatable bonds is 4. The van der Waals surface area contributed by atoms with Crippen LogP contribution >= 0.6 is 0 Å². The zero-order chi connectivity index (χ0) is 18.1. The van der Waals surface area contributed by atoms with Crippen LogP contribution in [0.25, 0.3) is 22.3 Å². The number of nitrogens with one attached hydrogen (secondary N) is 1. The van der Waals surface area contributed by atoms with Crippen LogP contribution in [0, 0.1) is 12.7 Å². The maximum atomic E-state index is 13.0. The van der Waals surface area contributed by atoms with E-state index in [0.29, 0.717) is 18.1 Å². The molecule has 0 radical (unpaired) electrons. The molecule has 1 N–H and O–H groups in total. The number of imidazole rings is 1. The highest BCUT2D eigenvalue weighted by atomic mass is 19.1. The van der Waals surface area contributed by atoms with Gasteiger partial charge in [0.25, 0.3) is 0 Å². The van der Waals surface area contributed by atoms with E-state index in [1.54, 1.807) is 12.1 Å². The average Bonchev–Trinajstić information content (AvgIpc) is 2.96. The van der Waals surface area contributed by atoms with Crippen molar-refractivity contribution < 1.29 is 4.39 Å². The molecule has 0 saturated carbocycles. The van der Waals surface area contributed by atoms with Gasteiger partial charge in [-0.3, -0.25) is 0 Å². The number of benzene rings is 2. The zero-order valence-corrected chi connectivity index (χ0v) is 14.6. The Morgan fingerprint density at radius 2 is 1.81 bits per heavy atom. The fourth-order valence-electron chi connectivity index (χ4n) is 2.89. The molecule has 0 aliphatic heterocycles. The van der Waals surface area contributed by atoms with Crippen molar-refractivity contribution in [2.24, 2.45) is 7.05 Å². The maximum Gasteiger partial charge on any atom is 0.149 e. The van der Waals surface area contributed by atoms with Gasteiger partial charge in [0.2, 0.25) is 0 Å². The normalized spacial score (nSPS) is 11.0. The Labute approximate surface area is 150 Å². The summed E-state index contributed by atoms with van der Waals surface area (Å²) in [6.45, 7) is 2.61. The largest absolute Gasteiger partial charge is 0.361 e. The molecule has 0 unspecified atom stereocenters. The number of aryl methyl sites for hydroxylation is 2. The number of hydrogen-bond donors (Lipinski definition) is 1. The summed E-state index contributed by atoms with van der Waals surface area (Å²) in [5, 5.41) is 11.7. The SMILES string of the molecule is Cc1ccc2c(c1)nc(CNc1ccc(-c3ccc(F)cc3)nn1)n2C. The first-order chi connectivity index (χ1) is 12.6. The number of hydrogen-bond acceptors (Lipinski definition) is 4. The molecule has 2 aromatic heterocycles. The quantitative estimate of drug-likeness (QED) is 0.604. The van der Waals surface area contributed by atoms with Gasteiger partial charge in [-0.25, -0.2) is 9.37 Å². The van der Waals surface area contributed by atoms with Gasteiger partial charge in [0.05, 0.1) is 23.3 Å². The van der Waals surface area contributed by atoms with E-state index in [1.165, 1.54) is 17.7 Å². The first-order valence-corrected chi connectivity index (χ1v) is 8.36. The molecule has 0 amide bonds. The molecule has 0 fully saturated rings. The second kappa shape index (κ2) is 6.55. The lowest BCUT2D eigenvalue weighted by Crippen LogP contribution is -2.07. The monoisotopic (exact) mass is 347 g/mol. The Kier molecular flexibility index (Phi) is 4.08. The molecule has 130 valence electrons. The van der Waals surface area contributed by atoms with Crippen molar-refractivity contribution in [2.45, 2.75) is 13.5 Å². The minimum Gasteiger partial charge on any atom is -0.361 e. The molecular formula is C20H18FN5. The van der Waals surface area contributed by atoms with Crippen LogP contribution in [0.2, 0.25) is 0 Å². The molecule has 0 bridgehead atoms. The van der Waals surface area contributed by atoms with Crippen molar-refractivity contribution in [1.82, 2.24) is 19.7 Å². The molecule has 6 heteroatoms. The minimum atomic E-state index is -0.266. The molecule has 2 aromatic carbocycles. The minimum absolute atomic E-state index is 0.266. The summed E-state index contributed by atoms with van der Waals surface area (Å²) in [7, 11) is 2.00. The van der Waals surface area contributed by atoms with Gasteiger partial charge in [0.1, 0.15) is 17.5 Å². The van der Waals surface area contributed by atoms with Crippen molar-refractivity contribution in [3.05, 3.63) is 71.8 Å². The highest BCUT2D eigenvalue weighted by molar-refractivity contribution is 5.76. The van der Waals surface area contributed by atoms with E-state index in [9.17, 15) is 4.39 Å². The van der Waals surface area contributed by atoms with Gasteiger partial charge in [-0.1, -0.05) is 6.07 Å². The summed E-state index contributed by atoms with van der Waals surface area (Å²) in [5.41, 5.74) is 4.81. The second-order valence-electron chi connectivity index (χ2n) is 6.24. The Bertz CT molecular complexity index is 1050. The van der Waals surface area contributed by atoms with Crippen molar-refractivity contribution in [1.29, 1.82) is 0 Å². The smallest absolute Gasteiger partial charge is 0.149 e. The predicted molar refractivity (Wildman–Crippen MR) is 100 cm³/mol.